The molecule has 0 bridgehead atoms. The van der Waals surface area contributed by atoms with Crippen molar-refractivity contribution < 1.29 is 13.2 Å². The topological polar surface area (TPSA) is 51.2 Å². The Kier molecular flexibility index (Phi) is 3.61. The van der Waals surface area contributed by atoms with Crippen LogP contribution in [0.15, 0.2) is 6.07 Å². The van der Waals surface area contributed by atoms with Crippen LogP contribution in [0.4, 0.5) is 0 Å². The lowest BCUT2D eigenvalue weighted by molar-refractivity contribution is 0.0985. The fourth-order valence-electron chi connectivity index (χ4n) is 1.99. The molecule has 0 spiro atoms. The molecule has 94 valence electrons. The van der Waals surface area contributed by atoms with Crippen molar-refractivity contribution in [1.82, 2.24) is 0 Å². The number of thiophene rings is 1. The van der Waals surface area contributed by atoms with E-state index in [2.05, 4.69) is 0 Å². The van der Waals surface area contributed by atoms with Gasteiger partial charge in [0.25, 0.3) is 0 Å². The molecule has 0 saturated carbocycles. The Balaban J connectivity index is 2.31. The molecule has 1 atom stereocenters. The van der Waals surface area contributed by atoms with Crippen LogP contribution >= 0.6 is 22.9 Å². The maximum atomic E-state index is 12.2. The van der Waals surface area contributed by atoms with Gasteiger partial charge in [0.15, 0.2) is 15.6 Å². The molecule has 3 nitrogen and oxygen atoms in total. The van der Waals surface area contributed by atoms with Gasteiger partial charge in [0.2, 0.25) is 0 Å². The van der Waals surface area contributed by atoms with Gasteiger partial charge in [0.05, 0.1) is 15.0 Å². The molecule has 0 N–H and O–H groups in total. The van der Waals surface area contributed by atoms with E-state index in [-0.39, 0.29) is 11.5 Å². The summed E-state index contributed by atoms with van der Waals surface area (Å²) in [5.41, 5.74) is 0.827. The summed E-state index contributed by atoms with van der Waals surface area (Å²) in [6.45, 7) is 1.81. The van der Waals surface area contributed by atoms with Crippen molar-refractivity contribution in [2.24, 2.45) is 0 Å². The number of halogens is 1. The number of rotatable bonds is 2. The van der Waals surface area contributed by atoms with Crippen LogP contribution in [0.2, 0.25) is 4.34 Å². The smallest absolute Gasteiger partial charge is 0.190 e. The van der Waals surface area contributed by atoms with E-state index in [1.165, 1.54) is 11.3 Å². The van der Waals surface area contributed by atoms with Crippen LogP contribution in [-0.2, 0) is 9.84 Å². The summed E-state index contributed by atoms with van der Waals surface area (Å²) < 4.78 is 24.2. The molecular weight excluding hydrogens is 280 g/mol. The average molecular weight is 293 g/mol. The Morgan fingerprint density at radius 3 is 2.71 bits per heavy atom. The standard InChI is InChI=1S/C11H13ClO3S2/c1-7-6-8(16-11(7)12)10(13)9-4-2-3-5-17(9,14)15/h6,9H,2-5H2,1H3. The van der Waals surface area contributed by atoms with Crippen molar-refractivity contribution in [1.29, 1.82) is 0 Å². The summed E-state index contributed by atoms with van der Waals surface area (Å²) in [6.07, 6.45) is 1.90. The van der Waals surface area contributed by atoms with Crippen molar-refractivity contribution in [3.05, 3.63) is 20.8 Å². The summed E-state index contributed by atoms with van der Waals surface area (Å²) in [6, 6.07) is 1.68. The van der Waals surface area contributed by atoms with E-state index in [9.17, 15) is 13.2 Å². The lowest BCUT2D eigenvalue weighted by Crippen LogP contribution is -2.35. The normalized spacial score (nSPS) is 23.5. The SMILES string of the molecule is Cc1cc(C(=O)C2CCCCS2(=O)=O)sc1Cl. The minimum atomic E-state index is -3.26. The third-order valence-corrected chi connectivity index (χ3v) is 6.72. The van der Waals surface area contributed by atoms with Gasteiger partial charge in [-0.25, -0.2) is 8.42 Å². The number of sulfone groups is 1. The first-order chi connectivity index (χ1) is 7.92. The van der Waals surface area contributed by atoms with Crippen LogP contribution in [-0.4, -0.2) is 25.2 Å². The molecule has 1 aliphatic heterocycles. The third-order valence-electron chi connectivity index (χ3n) is 2.97. The van der Waals surface area contributed by atoms with Gasteiger partial charge in [0, 0.05) is 0 Å². The zero-order valence-electron chi connectivity index (χ0n) is 9.40. The molecular formula is C11H13ClO3S2. The van der Waals surface area contributed by atoms with Crippen LogP contribution in [0.3, 0.4) is 0 Å². The van der Waals surface area contributed by atoms with Crippen LogP contribution < -0.4 is 0 Å². The Bertz CT molecular complexity index is 526. The number of hydrogen-bond donors (Lipinski definition) is 0. The monoisotopic (exact) mass is 292 g/mol. The minimum Gasteiger partial charge on any atom is -0.292 e. The third kappa shape index (κ3) is 2.56. The van der Waals surface area contributed by atoms with Gasteiger partial charge in [-0.15, -0.1) is 11.3 Å². The highest BCUT2D eigenvalue weighted by atomic mass is 35.5. The fourth-order valence-corrected chi connectivity index (χ4v) is 5.13. The second-order valence-electron chi connectivity index (χ2n) is 4.28. The molecule has 0 radical (unpaired) electrons. The van der Waals surface area contributed by atoms with E-state index in [1.807, 2.05) is 6.92 Å². The number of Topliss-reactive ketones (excluding diaryl/α,β-unsaturated/α-hetero) is 1. The van der Waals surface area contributed by atoms with Gasteiger partial charge < -0.3 is 0 Å². The molecule has 0 aromatic carbocycles. The van der Waals surface area contributed by atoms with Crippen LogP contribution in [0.25, 0.3) is 0 Å². The van der Waals surface area contributed by atoms with Gasteiger partial charge >= 0.3 is 0 Å². The Labute approximate surface area is 110 Å². The number of carbonyl (C=O) groups is 1. The van der Waals surface area contributed by atoms with Crippen molar-refractivity contribution in [2.45, 2.75) is 31.4 Å². The van der Waals surface area contributed by atoms with Crippen molar-refractivity contribution in [2.75, 3.05) is 5.75 Å². The van der Waals surface area contributed by atoms with Crippen molar-refractivity contribution >= 4 is 38.6 Å². The second kappa shape index (κ2) is 4.71. The minimum absolute atomic E-state index is 0.126. The maximum Gasteiger partial charge on any atom is 0.190 e. The number of carbonyl (C=O) groups excluding carboxylic acids is 1. The molecule has 6 heteroatoms. The van der Waals surface area contributed by atoms with Crippen molar-refractivity contribution in [3.8, 4) is 0 Å². The summed E-state index contributed by atoms with van der Waals surface area (Å²) in [5.74, 6) is -0.161. The lowest BCUT2D eigenvalue weighted by Gasteiger charge is -2.20. The highest BCUT2D eigenvalue weighted by Gasteiger charge is 2.36. The number of hydrogen-bond acceptors (Lipinski definition) is 4. The van der Waals surface area contributed by atoms with Gasteiger partial charge in [-0.3, -0.25) is 4.79 Å². The lowest BCUT2D eigenvalue weighted by atomic mass is 10.1. The summed E-state index contributed by atoms with van der Waals surface area (Å²) in [5, 5.41) is -0.856. The first-order valence-electron chi connectivity index (χ1n) is 5.43. The van der Waals surface area contributed by atoms with Gasteiger partial charge in [0.1, 0.15) is 5.25 Å². The van der Waals surface area contributed by atoms with Crippen molar-refractivity contribution in [3.63, 3.8) is 0 Å². The summed E-state index contributed by atoms with van der Waals surface area (Å²) in [4.78, 5) is 12.6. The van der Waals surface area contributed by atoms with E-state index >= 15 is 0 Å². The molecule has 1 unspecified atom stereocenters. The van der Waals surface area contributed by atoms with E-state index < -0.39 is 15.1 Å². The first-order valence-corrected chi connectivity index (χ1v) is 8.34. The molecule has 1 aromatic heterocycles. The van der Waals surface area contributed by atoms with Gasteiger partial charge in [-0.2, -0.15) is 0 Å². The predicted octanol–water partition coefficient (Wildman–Crippen LogP) is 2.86. The number of ketones is 1. The van der Waals surface area contributed by atoms with E-state index in [0.717, 1.165) is 12.0 Å². The first kappa shape index (κ1) is 13.1. The van der Waals surface area contributed by atoms with Gasteiger partial charge in [-0.05, 0) is 31.4 Å². The molecule has 1 saturated heterocycles. The predicted molar refractivity (Wildman–Crippen MR) is 69.8 cm³/mol. The van der Waals surface area contributed by atoms with Crippen LogP contribution in [0.1, 0.15) is 34.5 Å². The average Bonchev–Trinajstić information content (AvgIpc) is 2.58. The zero-order chi connectivity index (χ0) is 12.6. The maximum absolute atomic E-state index is 12.2. The molecule has 1 aromatic rings. The molecule has 2 heterocycles. The molecule has 0 amide bonds. The Morgan fingerprint density at radius 1 is 1.47 bits per heavy atom. The Morgan fingerprint density at radius 2 is 2.18 bits per heavy atom. The largest absolute Gasteiger partial charge is 0.292 e. The van der Waals surface area contributed by atoms with Crippen LogP contribution in [0, 0.1) is 6.92 Å². The Hall–Kier alpha value is -0.390. The highest BCUT2D eigenvalue weighted by Crippen LogP contribution is 2.31. The molecule has 2 rings (SSSR count). The van der Waals surface area contributed by atoms with E-state index in [4.69, 9.17) is 11.6 Å². The van der Waals surface area contributed by atoms with E-state index in [0.29, 0.717) is 22.1 Å². The highest BCUT2D eigenvalue weighted by molar-refractivity contribution is 7.92. The van der Waals surface area contributed by atoms with E-state index in [1.54, 1.807) is 6.07 Å². The second-order valence-corrected chi connectivity index (χ2v) is 8.24. The van der Waals surface area contributed by atoms with Crippen LogP contribution in [0.5, 0.6) is 0 Å². The number of aryl methyl sites for hydroxylation is 1. The fraction of sp³-hybridized carbons (Fsp3) is 0.545. The summed E-state index contributed by atoms with van der Waals surface area (Å²) >= 11 is 7.07. The molecule has 1 fully saturated rings. The molecule has 1 aliphatic rings. The molecule has 17 heavy (non-hydrogen) atoms. The quantitative estimate of drug-likeness (QED) is 0.788. The molecule has 0 aliphatic carbocycles. The van der Waals surface area contributed by atoms with Gasteiger partial charge in [-0.1, -0.05) is 18.0 Å². The zero-order valence-corrected chi connectivity index (χ0v) is 11.8. The summed E-state index contributed by atoms with van der Waals surface area (Å²) in [7, 11) is -3.26.